The van der Waals surface area contributed by atoms with Crippen molar-refractivity contribution in [2.45, 2.75) is 26.7 Å². The molecule has 0 nitrogen and oxygen atoms in total. The van der Waals surface area contributed by atoms with Crippen molar-refractivity contribution >= 4 is 6.08 Å². The molecule has 0 saturated heterocycles. The van der Waals surface area contributed by atoms with E-state index in [4.69, 9.17) is 0 Å². The molecule has 0 heteroatoms. The number of hydrogen-bond donors (Lipinski definition) is 0. The van der Waals surface area contributed by atoms with E-state index in [1.807, 2.05) is 0 Å². The predicted molar refractivity (Wildman–Crippen MR) is 80.6 cm³/mol. The van der Waals surface area contributed by atoms with E-state index in [9.17, 15) is 0 Å². The highest BCUT2D eigenvalue weighted by molar-refractivity contribution is 5.77. The second kappa shape index (κ2) is 6.20. The number of allylic oxidation sites excluding steroid dienone is 1. The maximum atomic E-state index is 2.27. The van der Waals surface area contributed by atoms with Gasteiger partial charge in [0.15, 0.2) is 0 Å². The molecule has 92 valence electrons. The maximum Gasteiger partial charge on any atom is -0.00823 e. The summed E-state index contributed by atoms with van der Waals surface area (Å²) in [5, 5.41) is 0. The number of unbranched alkanes of at least 4 members (excludes halogenated alkanes) is 1. The SMILES string of the molecule is CCC/C=C/c1cccc(C)c1-c1ccccc1. The minimum Gasteiger partial charge on any atom is -0.0839 e. The van der Waals surface area contributed by atoms with Gasteiger partial charge in [0.25, 0.3) is 0 Å². The standard InChI is InChI=1S/C18H20/c1-3-4-6-11-17-14-9-10-15(2)18(17)16-12-7-5-8-13-16/h5-14H,3-4H2,1-2H3/b11-6+. The van der Waals surface area contributed by atoms with Gasteiger partial charge >= 0.3 is 0 Å². The van der Waals surface area contributed by atoms with Crippen LogP contribution >= 0.6 is 0 Å². The van der Waals surface area contributed by atoms with Crippen molar-refractivity contribution in [2.24, 2.45) is 0 Å². The Labute approximate surface area is 110 Å². The highest BCUT2D eigenvalue weighted by Crippen LogP contribution is 2.28. The number of hydrogen-bond acceptors (Lipinski definition) is 0. The van der Waals surface area contributed by atoms with Crippen molar-refractivity contribution in [1.29, 1.82) is 0 Å². The van der Waals surface area contributed by atoms with Crippen LogP contribution in [0.15, 0.2) is 54.6 Å². The Morgan fingerprint density at radius 1 is 0.944 bits per heavy atom. The molecule has 18 heavy (non-hydrogen) atoms. The van der Waals surface area contributed by atoms with Crippen LogP contribution in [0.3, 0.4) is 0 Å². The van der Waals surface area contributed by atoms with Crippen molar-refractivity contribution in [3.05, 3.63) is 65.7 Å². The lowest BCUT2D eigenvalue weighted by molar-refractivity contribution is 0.962. The largest absolute Gasteiger partial charge is 0.0839 e. The normalized spacial score (nSPS) is 11.0. The van der Waals surface area contributed by atoms with E-state index >= 15 is 0 Å². The van der Waals surface area contributed by atoms with E-state index in [1.165, 1.54) is 28.7 Å². The summed E-state index contributed by atoms with van der Waals surface area (Å²) >= 11 is 0. The summed E-state index contributed by atoms with van der Waals surface area (Å²) < 4.78 is 0. The van der Waals surface area contributed by atoms with Crippen LogP contribution in [0.5, 0.6) is 0 Å². The average Bonchev–Trinajstić information content (AvgIpc) is 2.40. The Kier molecular flexibility index (Phi) is 4.35. The summed E-state index contributed by atoms with van der Waals surface area (Å²) in [6, 6.07) is 17.1. The molecule has 0 spiro atoms. The molecule has 0 unspecified atom stereocenters. The van der Waals surface area contributed by atoms with Gasteiger partial charge < -0.3 is 0 Å². The molecule has 0 aliphatic rings. The fourth-order valence-electron chi connectivity index (χ4n) is 2.21. The number of aryl methyl sites for hydroxylation is 1. The van der Waals surface area contributed by atoms with E-state index in [0.717, 1.165) is 6.42 Å². The van der Waals surface area contributed by atoms with Gasteiger partial charge in [-0.2, -0.15) is 0 Å². The molecule has 0 amide bonds. The van der Waals surface area contributed by atoms with Crippen molar-refractivity contribution in [3.8, 4) is 11.1 Å². The summed E-state index contributed by atoms with van der Waals surface area (Å²) in [5.74, 6) is 0. The number of benzene rings is 2. The van der Waals surface area contributed by atoms with E-state index in [-0.39, 0.29) is 0 Å². The van der Waals surface area contributed by atoms with Crippen LogP contribution in [0, 0.1) is 6.92 Å². The summed E-state index contributed by atoms with van der Waals surface area (Å²) in [7, 11) is 0. The zero-order valence-electron chi connectivity index (χ0n) is 11.2. The lowest BCUT2D eigenvalue weighted by atomic mass is 9.95. The fraction of sp³-hybridized carbons (Fsp3) is 0.222. The van der Waals surface area contributed by atoms with Gasteiger partial charge in [0, 0.05) is 0 Å². The molecule has 0 heterocycles. The molecular formula is C18H20. The van der Waals surface area contributed by atoms with E-state index < -0.39 is 0 Å². The van der Waals surface area contributed by atoms with E-state index in [1.54, 1.807) is 0 Å². The third kappa shape index (κ3) is 2.89. The van der Waals surface area contributed by atoms with Gasteiger partial charge in [0.05, 0.1) is 0 Å². The Balaban J connectivity index is 2.45. The third-order valence-electron chi connectivity index (χ3n) is 3.12. The molecule has 0 bridgehead atoms. The Morgan fingerprint density at radius 3 is 2.44 bits per heavy atom. The Bertz CT molecular complexity index is 521. The molecule has 0 aliphatic carbocycles. The topological polar surface area (TPSA) is 0 Å². The van der Waals surface area contributed by atoms with Crippen molar-refractivity contribution in [3.63, 3.8) is 0 Å². The molecule has 0 atom stereocenters. The molecule has 0 radical (unpaired) electrons. The molecular weight excluding hydrogens is 216 g/mol. The van der Waals surface area contributed by atoms with Gasteiger partial charge in [-0.1, -0.05) is 74.0 Å². The quantitative estimate of drug-likeness (QED) is 0.659. The first kappa shape index (κ1) is 12.6. The van der Waals surface area contributed by atoms with Crippen LogP contribution in [-0.2, 0) is 0 Å². The van der Waals surface area contributed by atoms with Crippen LogP contribution in [0.4, 0.5) is 0 Å². The van der Waals surface area contributed by atoms with Crippen LogP contribution in [0.2, 0.25) is 0 Å². The summed E-state index contributed by atoms with van der Waals surface area (Å²) in [5.41, 5.74) is 5.30. The first-order chi connectivity index (χ1) is 8.83. The van der Waals surface area contributed by atoms with Gasteiger partial charge in [-0.3, -0.25) is 0 Å². The molecule has 2 rings (SSSR count). The zero-order valence-corrected chi connectivity index (χ0v) is 11.2. The summed E-state index contributed by atoms with van der Waals surface area (Å²) in [6.45, 7) is 4.39. The van der Waals surface area contributed by atoms with Gasteiger partial charge in [0.1, 0.15) is 0 Å². The Morgan fingerprint density at radius 2 is 1.72 bits per heavy atom. The summed E-state index contributed by atoms with van der Waals surface area (Å²) in [6.07, 6.45) is 6.85. The monoisotopic (exact) mass is 236 g/mol. The van der Waals surface area contributed by atoms with Gasteiger partial charge in [0.2, 0.25) is 0 Å². The highest BCUT2D eigenvalue weighted by Gasteiger charge is 2.05. The van der Waals surface area contributed by atoms with Gasteiger partial charge in [-0.25, -0.2) is 0 Å². The van der Waals surface area contributed by atoms with Crippen LogP contribution in [0.25, 0.3) is 17.2 Å². The second-order valence-electron chi connectivity index (χ2n) is 4.60. The summed E-state index contributed by atoms with van der Waals surface area (Å²) in [4.78, 5) is 0. The van der Waals surface area contributed by atoms with Crippen LogP contribution in [0.1, 0.15) is 30.9 Å². The Hall–Kier alpha value is -1.82. The zero-order chi connectivity index (χ0) is 12.8. The second-order valence-corrected chi connectivity index (χ2v) is 4.60. The van der Waals surface area contributed by atoms with E-state index in [2.05, 4.69) is 74.5 Å². The molecule has 0 aromatic heterocycles. The minimum absolute atomic E-state index is 1.14. The first-order valence-corrected chi connectivity index (χ1v) is 6.64. The van der Waals surface area contributed by atoms with Crippen LogP contribution in [-0.4, -0.2) is 0 Å². The molecule has 0 saturated carbocycles. The van der Waals surface area contributed by atoms with Crippen molar-refractivity contribution < 1.29 is 0 Å². The highest BCUT2D eigenvalue weighted by atomic mass is 14.1. The molecule has 0 N–H and O–H groups in total. The fourth-order valence-corrected chi connectivity index (χ4v) is 2.21. The molecule has 0 fully saturated rings. The molecule has 2 aromatic rings. The van der Waals surface area contributed by atoms with Gasteiger partial charge in [-0.05, 0) is 35.6 Å². The minimum atomic E-state index is 1.14. The van der Waals surface area contributed by atoms with Gasteiger partial charge in [-0.15, -0.1) is 0 Å². The van der Waals surface area contributed by atoms with Crippen LogP contribution < -0.4 is 0 Å². The maximum absolute atomic E-state index is 2.27. The van der Waals surface area contributed by atoms with E-state index in [0.29, 0.717) is 0 Å². The predicted octanol–water partition coefficient (Wildman–Crippen LogP) is 5.48. The third-order valence-corrected chi connectivity index (χ3v) is 3.12. The molecule has 2 aromatic carbocycles. The van der Waals surface area contributed by atoms with Crippen molar-refractivity contribution in [2.75, 3.05) is 0 Å². The number of rotatable bonds is 4. The lowest BCUT2D eigenvalue weighted by Crippen LogP contribution is -1.87. The average molecular weight is 236 g/mol. The smallest absolute Gasteiger partial charge is 0.00823 e. The van der Waals surface area contributed by atoms with Crippen molar-refractivity contribution in [1.82, 2.24) is 0 Å². The molecule has 0 aliphatic heterocycles. The first-order valence-electron chi connectivity index (χ1n) is 6.64. The lowest BCUT2D eigenvalue weighted by Gasteiger charge is -2.10.